The molecule has 142 valence electrons. The fourth-order valence-corrected chi connectivity index (χ4v) is 3.40. The third kappa shape index (κ3) is 3.63. The Morgan fingerprint density at radius 3 is 2.61 bits per heavy atom. The molecule has 1 N–H and O–H groups in total. The molecule has 0 fully saturated rings. The zero-order valence-corrected chi connectivity index (χ0v) is 17.1. The minimum Gasteiger partial charge on any atom is -0.382 e. The Labute approximate surface area is 170 Å². The Morgan fingerprint density at radius 1 is 1.11 bits per heavy atom. The number of aliphatic hydroxyl groups excluding tert-OH is 1. The second-order valence-electron chi connectivity index (χ2n) is 6.69. The lowest BCUT2D eigenvalue weighted by atomic mass is 10.0. The number of nitrogens with zero attached hydrogens (tertiary/aromatic N) is 4. The maximum Gasteiger partial charge on any atom is 0.173 e. The summed E-state index contributed by atoms with van der Waals surface area (Å²) in [6, 6.07) is 15.8. The molecule has 0 saturated carbocycles. The molecule has 0 aliphatic heterocycles. The van der Waals surface area contributed by atoms with E-state index < -0.39 is 6.10 Å². The molecule has 1 atom stereocenters. The van der Waals surface area contributed by atoms with Crippen molar-refractivity contribution in [2.24, 2.45) is 0 Å². The van der Waals surface area contributed by atoms with Crippen LogP contribution in [0.5, 0.6) is 0 Å². The van der Waals surface area contributed by atoms with Gasteiger partial charge in [0.05, 0.1) is 24.0 Å². The Bertz CT molecular complexity index is 1100. The van der Waals surface area contributed by atoms with Crippen LogP contribution in [-0.4, -0.2) is 25.3 Å². The summed E-state index contributed by atoms with van der Waals surface area (Å²) in [7, 11) is 0. The van der Waals surface area contributed by atoms with Crippen molar-refractivity contribution in [2.75, 3.05) is 0 Å². The van der Waals surface area contributed by atoms with Crippen molar-refractivity contribution in [3.8, 4) is 11.3 Å². The van der Waals surface area contributed by atoms with Crippen LogP contribution >= 0.6 is 15.9 Å². The molecule has 0 spiro atoms. The summed E-state index contributed by atoms with van der Waals surface area (Å²) in [4.78, 5) is 0. The molecule has 0 saturated heterocycles. The Morgan fingerprint density at radius 2 is 1.86 bits per heavy atom. The second kappa shape index (κ2) is 7.69. The highest BCUT2D eigenvalue weighted by Crippen LogP contribution is 2.34. The summed E-state index contributed by atoms with van der Waals surface area (Å²) in [5, 5.41) is 23.4. The van der Waals surface area contributed by atoms with Gasteiger partial charge >= 0.3 is 0 Å². The highest BCUT2D eigenvalue weighted by atomic mass is 79.9. The molecule has 0 bridgehead atoms. The van der Waals surface area contributed by atoms with E-state index in [0.717, 1.165) is 15.6 Å². The molecule has 4 rings (SSSR count). The van der Waals surface area contributed by atoms with Gasteiger partial charge in [-0.2, -0.15) is 0 Å². The minimum atomic E-state index is -0.976. The van der Waals surface area contributed by atoms with Crippen LogP contribution in [0.3, 0.4) is 0 Å². The van der Waals surface area contributed by atoms with Gasteiger partial charge in [0.25, 0.3) is 0 Å². The van der Waals surface area contributed by atoms with E-state index in [2.05, 4.69) is 50.5 Å². The van der Waals surface area contributed by atoms with E-state index in [1.807, 2.05) is 43.3 Å². The Hall–Kier alpha value is -2.77. The van der Waals surface area contributed by atoms with Gasteiger partial charge < -0.3 is 9.63 Å². The topological polar surface area (TPSA) is 77.0 Å². The fourth-order valence-electron chi connectivity index (χ4n) is 3.13. The molecular formula is C21H19BrN4O2. The quantitative estimate of drug-likeness (QED) is 0.498. The molecule has 6 nitrogen and oxygen atoms in total. The van der Waals surface area contributed by atoms with Crippen LogP contribution in [0.15, 0.2) is 63.7 Å². The summed E-state index contributed by atoms with van der Waals surface area (Å²) >= 11 is 3.43. The number of benzene rings is 2. The van der Waals surface area contributed by atoms with Crippen LogP contribution in [0.25, 0.3) is 11.3 Å². The van der Waals surface area contributed by atoms with Crippen molar-refractivity contribution in [3.05, 3.63) is 87.3 Å². The summed E-state index contributed by atoms with van der Waals surface area (Å²) < 4.78 is 8.19. The second-order valence-corrected chi connectivity index (χ2v) is 7.60. The van der Waals surface area contributed by atoms with Gasteiger partial charge in [0.15, 0.2) is 5.76 Å². The summed E-state index contributed by atoms with van der Waals surface area (Å²) in [6.07, 6.45) is 0.782. The lowest BCUT2D eigenvalue weighted by Gasteiger charge is -2.08. The van der Waals surface area contributed by atoms with Gasteiger partial charge in [-0.3, -0.25) is 0 Å². The van der Waals surface area contributed by atoms with Crippen LogP contribution in [-0.2, 0) is 6.54 Å². The number of aromatic nitrogens is 4. The molecule has 0 aliphatic rings. The number of halogens is 1. The van der Waals surface area contributed by atoms with Gasteiger partial charge in [-0.1, -0.05) is 62.7 Å². The van der Waals surface area contributed by atoms with Crippen LogP contribution in [0.4, 0.5) is 0 Å². The SMILES string of the molecule is Cc1ccccc1Cn1cc(C(O)c2c(C)noc2-c2ccc(Br)cc2)nn1. The molecule has 7 heteroatoms. The summed E-state index contributed by atoms with van der Waals surface area (Å²) in [5.41, 5.74) is 4.87. The largest absolute Gasteiger partial charge is 0.382 e. The first kappa shape index (κ1) is 18.6. The van der Waals surface area contributed by atoms with Gasteiger partial charge in [0, 0.05) is 10.0 Å². The highest BCUT2D eigenvalue weighted by molar-refractivity contribution is 9.10. The first-order valence-electron chi connectivity index (χ1n) is 8.87. The van der Waals surface area contributed by atoms with Crippen LogP contribution in [0.1, 0.15) is 34.2 Å². The van der Waals surface area contributed by atoms with Gasteiger partial charge in [-0.15, -0.1) is 5.10 Å². The first-order chi connectivity index (χ1) is 13.5. The molecule has 4 aromatic rings. The molecular weight excluding hydrogens is 420 g/mol. The summed E-state index contributed by atoms with van der Waals surface area (Å²) in [5.74, 6) is 0.533. The highest BCUT2D eigenvalue weighted by Gasteiger charge is 2.25. The van der Waals surface area contributed by atoms with Crippen molar-refractivity contribution >= 4 is 15.9 Å². The number of aryl methyl sites for hydroxylation is 2. The van der Waals surface area contributed by atoms with Gasteiger partial charge in [-0.05, 0) is 37.1 Å². The zero-order valence-electron chi connectivity index (χ0n) is 15.5. The predicted octanol–water partition coefficient (Wildman–Crippen LogP) is 4.44. The number of rotatable bonds is 5. The fraction of sp³-hybridized carbons (Fsp3) is 0.190. The molecule has 0 aliphatic carbocycles. The van der Waals surface area contributed by atoms with E-state index in [1.165, 1.54) is 5.56 Å². The van der Waals surface area contributed by atoms with E-state index in [9.17, 15) is 5.11 Å². The molecule has 0 radical (unpaired) electrons. The maximum absolute atomic E-state index is 11.0. The average Bonchev–Trinajstić information content (AvgIpc) is 3.31. The van der Waals surface area contributed by atoms with Crippen molar-refractivity contribution in [3.63, 3.8) is 0 Å². The first-order valence-corrected chi connectivity index (χ1v) is 9.67. The van der Waals surface area contributed by atoms with E-state index in [-0.39, 0.29) is 0 Å². The minimum absolute atomic E-state index is 0.457. The van der Waals surface area contributed by atoms with Gasteiger partial charge in [-0.25, -0.2) is 4.68 Å². The Kier molecular flexibility index (Phi) is 5.11. The molecule has 2 aromatic carbocycles. The third-order valence-electron chi connectivity index (χ3n) is 4.72. The number of hydrogen-bond donors (Lipinski definition) is 1. The van der Waals surface area contributed by atoms with Gasteiger partial charge in [0.1, 0.15) is 11.8 Å². The molecule has 28 heavy (non-hydrogen) atoms. The normalized spacial score (nSPS) is 12.3. The lowest BCUT2D eigenvalue weighted by molar-refractivity contribution is 0.214. The molecule has 1 unspecified atom stereocenters. The van der Waals surface area contributed by atoms with E-state index in [0.29, 0.717) is 29.3 Å². The van der Waals surface area contributed by atoms with E-state index >= 15 is 0 Å². The Balaban J connectivity index is 1.63. The molecule has 0 amide bonds. The smallest absolute Gasteiger partial charge is 0.173 e. The van der Waals surface area contributed by atoms with Crippen LogP contribution in [0, 0.1) is 13.8 Å². The predicted molar refractivity (Wildman–Crippen MR) is 109 cm³/mol. The van der Waals surface area contributed by atoms with Gasteiger partial charge in [0.2, 0.25) is 0 Å². The van der Waals surface area contributed by atoms with Crippen LogP contribution < -0.4 is 0 Å². The van der Waals surface area contributed by atoms with Crippen molar-refractivity contribution in [1.82, 2.24) is 20.2 Å². The van der Waals surface area contributed by atoms with Crippen molar-refractivity contribution < 1.29 is 9.63 Å². The number of hydrogen-bond acceptors (Lipinski definition) is 5. The van der Waals surface area contributed by atoms with Crippen LogP contribution in [0.2, 0.25) is 0 Å². The third-order valence-corrected chi connectivity index (χ3v) is 5.25. The molecule has 2 aromatic heterocycles. The maximum atomic E-state index is 11.0. The van der Waals surface area contributed by atoms with E-state index in [1.54, 1.807) is 10.9 Å². The lowest BCUT2D eigenvalue weighted by Crippen LogP contribution is -2.03. The molecule has 2 heterocycles. The van der Waals surface area contributed by atoms with E-state index in [4.69, 9.17) is 4.52 Å². The van der Waals surface area contributed by atoms with Crippen molar-refractivity contribution in [1.29, 1.82) is 0 Å². The average molecular weight is 439 g/mol. The zero-order chi connectivity index (χ0) is 19.7. The summed E-state index contributed by atoms with van der Waals surface area (Å²) in [6.45, 7) is 4.46. The standard InChI is InChI=1S/C21H19BrN4O2/c1-13-5-3-4-6-16(13)11-26-12-18(23-25-26)20(27)19-14(2)24-28-21(19)15-7-9-17(22)10-8-15/h3-10,12,20,27H,11H2,1-2H3. The van der Waals surface area contributed by atoms with Crippen molar-refractivity contribution in [2.45, 2.75) is 26.5 Å². The number of aliphatic hydroxyl groups is 1. The monoisotopic (exact) mass is 438 g/mol.